The van der Waals surface area contributed by atoms with E-state index in [1.165, 1.54) is 0 Å². The van der Waals surface area contributed by atoms with Crippen molar-refractivity contribution in [1.82, 2.24) is 4.90 Å². The smallest absolute Gasteiger partial charge is 0.337 e. The topological polar surface area (TPSA) is 72.9 Å². The van der Waals surface area contributed by atoms with Crippen LogP contribution >= 0.6 is 0 Å². The molecule has 0 spiro atoms. The molecule has 6 heteroatoms. The minimum absolute atomic E-state index is 0.135. The van der Waals surface area contributed by atoms with Crippen LogP contribution in [0.15, 0.2) is 18.2 Å². The van der Waals surface area contributed by atoms with Crippen LogP contribution in [-0.4, -0.2) is 54.6 Å². The van der Waals surface area contributed by atoms with E-state index in [2.05, 4.69) is 22.0 Å². The zero-order valence-corrected chi connectivity index (χ0v) is 14.5. The molecule has 24 heavy (non-hydrogen) atoms. The number of hydrogen-bond acceptors (Lipinski definition) is 4. The standard InChI is InChI=1S/C18H27N3O3/c1-3-5-6-17(22)19-16-8-7-14(13-15(16)18(23)24)21-11-9-20(4-2)10-12-21/h7-8,13H,3-6,9-12H2,1-2H3,(H,19,22)(H,23,24). The van der Waals surface area contributed by atoms with Crippen LogP contribution in [0.1, 0.15) is 43.5 Å². The molecular weight excluding hydrogens is 306 g/mol. The highest BCUT2D eigenvalue weighted by atomic mass is 16.4. The van der Waals surface area contributed by atoms with Gasteiger partial charge in [0.15, 0.2) is 0 Å². The number of hydrogen-bond donors (Lipinski definition) is 2. The Hall–Kier alpha value is -2.08. The molecule has 1 heterocycles. The highest BCUT2D eigenvalue weighted by Crippen LogP contribution is 2.25. The first-order chi connectivity index (χ1) is 11.5. The number of aromatic carboxylic acids is 1. The molecule has 1 amide bonds. The van der Waals surface area contributed by atoms with Crippen LogP contribution < -0.4 is 10.2 Å². The van der Waals surface area contributed by atoms with Crippen molar-refractivity contribution in [1.29, 1.82) is 0 Å². The molecule has 0 radical (unpaired) electrons. The highest BCUT2D eigenvalue weighted by Gasteiger charge is 2.19. The molecule has 1 aliphatic heterocycles. The maximum atomic E-state index is 11.9. The Kier molecular flexibility index (Phi) is 6.61. The zero-order valence-electron chi connectivity index (χ0n) is 14.5. The molecule has 1 aromatic carbocycles. The van der Waals surface area contributed by atoms with Crippen molar-refractivity contribution >= 4 is 23.3 Å². The van der Waals surface area contributed by atoms with E-state index in [0.29, 0.717) is 12.1 Å². The number of piperazine rings is 1. The highest BCUT2D eigenvalue weighted by molar-refractivity contribution is 6.01. The third kappa shape index (κ3) is 4.71. The fraction of sp³-hybridized carbons (Fsp3) is 0.556. The number of anilines is 2. The lowest BCUT2D eigenvalue weighted by Gasteiger charge is -2.35. The molecular formula is C18H27N3O3. The molecule has 0 saturated carbocycles. The number of unbranched alkanes of at least 4 members (excludes halogenated alkanes) is 1. The second-order valence-electron chi connectivity index (χ2n) is 6.11. The summed E-state index contributed by atoms with van der Waals surface area (Å²) in [7, 11) is 0. The Balaban J connectivity index is 2.12. The summed E-state index contributed by atoms with van der Waals surface area (Å²) in [5.74, 6) is -1.15. The molecule has 2 rings (SSSR count). The van der Waals surface area contributed by atoms with Crippen molar-refractivity contribution in [2.45, 2.75) is 33.1 Å². The van der Waals surface area contributed by atoms with E-state index in [1.807, 2.05) is 13.0 Å². The van der Waals surface area contributed by atoms with Gasteiger partial charge in [0.2, 0.25) is 5.91 Å². The van der Waals surface area contributed by atoms with E-state index in [4.69, 9.17) is 0 Å². The molecule has 0 unspecified atom stereocenters. The summed E-state index contributed by atoms with van der Waals surface area (Å²) in [6.45, 7) is 8.93. The number of carbonyl (C=O) groups is 2. The molecule has 132 valence electrons. The van der Waals surface area contributed by atoms with Gasteiger partial charge in [-0.1, -0.05) is 20.3 Å². The van der Waals surface area contributed by atoms with Gasteiger partial charge in [-0.05, 0) is 31.2 Å². The van der Waals surface area contributed by atoms with Crippen molar-refractivity contribution in [3.05, 3.63) is 23.8 Å². The lowest BCUT2D eigenvalue weighted by atomic mass is 10.1. The third-order valence-electron chi connectivity index (χ3n) is 4.45. The summed E-state index contributed by atoms with van der Waals surface area (Å²) in [6.07, 6.45) is 2.15. The van der Waals surface area contributed by atoms with Gasteiger partial charge < -0.3 is 20.2 Å². The van der Waals surface area contributed by atoms with E-state index in [0.717, 1.165) is 51.3 Å². The van der Waals surface area contributed by atoms with Gasteiger partial charge in [0.25, 0.3) is 0 Å². The zero-order chi connectivity index (χ0) is 17.5. The summed E-state index contributed by atoms with van der Waals surface area (Å²) < 4.78 is 0. The lowest BCUT2D eigenvalue weighted by molar-refractivity contribution is -0.116. The molecule has 0 aromatic heterocycles. The summed E-state index contributed by atoms with van der Waals surface area (Å²) >= 11 is 0. The van der Waals surface area contributed by atoms with Gasteiger partial charge >= 0.3 is 5.97 Å². The molecule has 6 nitrogen and oxygen atoms in total. The van der Waals surface area contributed by atoms with Gasteiger partial charge in [0, 0.05) is 38.3 Å². The van der Waals surface area contributed by atoms with Gasteiger partial charge in [-0.3, -0.25) is 4.79 Å². The number of benzene rings is 1. The minimum atomic E-state index is -1.02. The normalized spacial score (nSPS) is 15.3. The fourth-order valence-corrected chi connectivity index (χ4v) is 2.89. The number of carboxylic acid groups (broad SMARTS) is 1. The maximum Gasteiger partial charge on any atom is 0.337 e. The predicted octanol–water partition coefficient (Wildman–Crippen LogP) is 2.66. The average molecular weight is 333 g/mol. The van der Waals surface area contributed by atoms with Gasteiger partial charge in [-0.15, -0.1) is 0 Å². The number of nitrogens with one attached hydrogen (secondary N) is 1. The third-order valence-corrected chi connectivity index (χ3v) is 4.45. The van der Waals surface area contributed by atoms with E-state index in [1.54, 1.807) is 12.1 Å². The molecule has 1 fully saturated rings. The molecule has 1 saturated heterocycles. The number of rotatable bonds is 7. The minimum Gasteiger partial charge on any atom is -0.478 e. The molecule has 1 aromatic rings. The second-order valence-corrected chi connectivity index (χ2v) is 6.11. The number of carbonyl (C=O) groups excluding carboxylic acids is 1. The largest absolute Gasteiger partial charge is 0.478 e. The first-order valence-corrected chi connectivity index (χ1v) is 8.69. The summed E-state index contributed by atoms with van der Waals surface area (Å²) in [5, 5.41) is 12.2. The number of likely N-dealkylation sites (N-methyl/N-ethyl adjacent to an activating group) is 1. The predicted molar refractivity (Wildman–Crippen MR) is 95.9 cm³/mol. The monoisotopic (exact) mass is 333 g/mol. The first kappa shape index (κ1) is 18.3. The van der Waals surface area contributed by atoms with Gasteiger partial charge in [0.1, 0.15) is 0 Å². The van der Waals surface area contributed by atoms with E-state index in [-0.39, 0.29) is 11.5 Å². The Morgan fingerprint density at radius 1 is 1.17 bits per heavy atom. The van der Waals surface area contributed by atoms with Gasteiger partial charge in [-0.25, -0.2) is 4.79 Å². The number of nitrogens with zero attached hydrogens (tertiary/aromatic N) is 2. The Labute approximate surface area is 143 Å². The van der Waals surface area contributed by atoms with Crippen LogP contribution in [0.5, 0.6) is 0 Å². The quantitative estimate of drug-likeness (QED) is 0.802. The van der Waals surface area contributed by atoms with Crippen molar-refractivity contribution in [3.8, 4) is 0 Å². The molecule has 2 N–H and O–H groups in total. The molecule has 0 aliphatic carbocycles. The van der Waals surface area contributed by atoms with Crippen molar-refractivity contribution in [3.63, 3.8) is 0 Å². The maximum absolute atomic E-state index is 11.9. The van der Waals surface area contributed by atoms with E-state index < -0.39 is 5.97 Å². The lowest BCUT2D eigenvalue weighted by Crippen LogP contribution is -2.46. The van der Waals surface area contributed by atoms with Crippen LogP contribution in [0.2, 0.25) is 0 Å². The fourth-order valence-electron chi connectivity index (χ4n) is 2.89. The molecule has 0 bridgehead atoms. The van der Waals surface area contributed by atoms with E-state index in [9.17, 15) is 14.7 Å². The summed E-state index contributed by atoms with van der Waals surface area (Å²) in [6, 6.07) is 5.26. The molecule has 1 aliphatic rings. The number of carboxylic acids is 1. The van der Waals surface area contributed by atoms with E-state index >= 15 is 0 Å². The Morgan fingerprint density at radius 2 is 1.88 bits per heavy atom. The Bertz CT molecular complexity index is 581. The SMILES string of the molecule is CCCCC(=O)Nc1ccc(N2CCN(CC)CC2)cc1C(=O)O. The number of amides is 1. The second kappa shape index (κ2) is 8.68. The van der Waals surface area contributed by atoms with Crippen LogP contribution in [0, 0.1) is 0 Å². The van der Waals surface area contributed by atoms with Gasteiger partial charge in [-0.2, -0.15) is 0 Å². The van der Waals surface area contributed by atoms with Crippen molar-refractivity contribution < 1.29 is 14.7 Å². The first-order valence-electron chi connectivity index (χ1n) is 8.69. The molecule has 0 atom stereocenters. The van der Waals surface area contributed by atoms with Crippen LogP contribution in [0.4, 0.5) is 11.4 Å². The summed E-state index contributed by atoms with van der Waals surface area (Å²) in [4.78, 5) is 28.0. The Morgan fingerprint density at radius 3 is 2.46 bits per heavy atom. The average Bonchev–Trinajstić information content (AvgIpc) is 2.60. The van der Waals surface area contributed by atoms with Crippen LogP contribution in [0.3, 0.4) is 0 Å². The summed E-state index contributed by atoms with van der Waals surface area (Å²) in [5.41, 5.74) is 1.42. The van der Waals surface area contributed by atoms with Gasteiger partial charge in [0.05, 0.1) is 11.3 Å². The van der Waals surface area contributed by atoms with Crippen LogP contribution in [-0.2, 0) is 4.79 Å². The van der Waals surface area contributed by atoms with Crippen molar-refractivity contribution in [2.24, 2.45) is 0 Å². The van der Waals surface area contributed by atoms with Crippen molar-refractivity contribution in [2.75, 3.05) is 42.9 Å². The van der Waals surface area contributed by atoms with Crippen LogP contribution in [0.25, 0.3) is 0 Å².